The second kappa shape index (κ2) is 5.28. The molecule has 0 aliphatic carbocycles. The molecule has 0 spiro atoms. The van der Waals surface area contributed by atoms with Crippen molar-refractivity contribution in [3.8, 4) is 0 Å². The molecule has 5 heteroatoms. The maximum Gasteiger partial charge on any atom is 0.258 e. The number of carbonyl (C=O) groups is 1. The summed E-state index contributed by atoms with van der Waals surface area (Å²) >= 11 is 5.86. The first-order valence-electron chi connectivity index (χ1n) is 5.60. The minimum absolute atomic E-state index is 0.0978. The first-order valence-corrected chi connectivity index (χ1v) is 5.97. The van der Waals surface area contributed by atoms with E-state index in [9.17, 15) is 9.18 Å². The Morgan fingerprint density at radius 3 is 2.74 bits per heavy atom. The van der Waals surface area contributed by atoms with Crippen LogP contribution in [0.4, 0.5) is 15.8 Å². The van der Waals surface area contributed by atoms with E-state index in [1.807, 2.05) is 6.92 Å². The van der Waals surface area contributed by atoms with Crippen molar-refractivity contribution in [3.05, 3.63) is 58.4 Å². The highest BCUT2D eigenvalue weighted by Crippen LogP contribution is 2.21. The van der Waals surface area contributed by atoms with Gasteiger partial charge in [0.15, 0.2) is 0 Å². The first kappa shape index (κ1) is 13.4. The summed E-state index contributed by atoms with van der Waals surface area (Å²) in [6.07, 6.45) is 0. The van der Waals surface area contributed by atoms with E-state index in [1.165, 1.54) is 12.1 Å². The number of hydrogen-bond donors (Lipinski definition) is 2. The third-order valence-corrected chi connectivity index (χ3v) is 2.92. The Bertz CT molecular complexity index is 643. The number of halogens is 2. The zero-order valence-electron chi connectivity index (χ0n) is 10.2. The second-order valence-corrected chi connectivity index (χ2v) is 4.59. The minimum Gasteiger partial charge on any atom is -0.399 e. The number of nitrogens with two attached hydrogens (primary N) is 1. The highest BCUT2D eigenvalue weighted by molar-refractivity contribution is 6.31. The molecule has 1 amide bonds. The average molecular weight is 279 g/mol. The minimum atomic E-state index is -0.619. The number of nitrogen functional groups attached to an aromatic ring is 1. The number of carbonyl (C=O) groups excluding carboxylic acids is 1. The van der Waals surface area contributed by atoms with Crippen LogP contribution in [-0.2, 0) is 0 Å². The van der Waals surface area contributed by atoms with E-state index in [2.05, 4.69) is 5.32 Å². The van der Waals surface area contributed by atoms with E-state index in [1.54, 1.807) is 18.2 Å². The number of rotatable bonds is 2. The van der Waals surface area contributed by atoms with Gasteiger partial charge >= 0.3 is 0 Å². The van der Waals surface area contributed by atoms with Crippen LogP contribution in [0.2, 0.25) is 5.02 Å². The Morgan fingerprint density at radius 1 is 1.26 bits per heavy atom. The average Bonchev–Trinajstić information content (AvgIpc) is 2.36. The molecule has 0 saturated heterocycles. The predicted molar refractivity (Wildman–Crippen MR) is 75.0 cm³/mol. The number of amides is 1. The van der Waals surface area contributed by atoms with Gasteiger partial charge in [0, 0.05) is 16.4 Å². The van der Waals surface area contributed by atoms with E-state index in [4.69, 9.17) is 17.3 Å². The molecule has 0 heterocycles. The van der Waals surface area contributed by atoms with Crippen molar-refractivity contribution in [3.63, 3.8) is 0 Å². The highest BCUT2D eigenvalue weighted by Gasteiger charge is 2.13. The first-order chi connectivity index (χ1) is 8.97. The van der Waals surface area contributed by atoms with Crippen LogP contribution in [0.1, 0.15) is 15.9 Å². The molecule has 2 rings (SSSR count). The SMILES string of the molecule is Cc1ccc(Cl)cc1NC(=O)c1cc(N)ccc1F. The molecule has 0 unspecified atom stereocenters. The molecule has 2 aromatic carbocycles. The van der Waals surface area contributed by atoms with Crippen LogP contribution >= 0.6 is 11.6 Å². The summed E-state index contributed by atoms with van der Waals surface area (Å²) in [6.45, 7) is 1.82. The molecule has 0 aliphatic rings. The number of benzene rings is 2. The molecular weight excluding hydrogens is 267 g/mol. The topological polar surface area (TPSA) is 55.1 Å². The zero-order valence-corrected chi connectivity index (χ0v) is 11.0. The predicted octanol–water partition coefficient (Wildman–Crippen LogP) is 3.62. The molecule has 0 bridgehead atoms. The lowest BCUT2D eigenvalue weighted by atomic mass is 10.1. The Labute approximate surface area is 115 Å². The van der Waals surface area contributed by atoms with Crippen LogP contribution in [0.3, 0.4) is 0 Å². The lowest BCUT2D eigenvalue weighted by molar-refractivity contribution is 0.102. The Balaban J connectivity index is 2.30. The molecular formula is C14H12ClFN2O. The zero-order chi connectivity index (χ0) is 14.0. The van der Waals surface area contributed by atoms with Crippen molar-refractivity contribution in [2.45, 2.75) is 6.92 Å². The number of aryl methyl sites for hydroxylation is 1. The van der Waals surface area contributed by atoms with Crippen LogP contribution < -0.4 is 11.1 Å². The van der Waals surface area contributed by atoms with Gasteiger partial charge in [-0.15, -0.1) is 0 Å². The molecule has 98 valence electrons. The molecule has 3 N–H and O–H groups in total. The maximum atomic E-state index is 13.6. The summed E-state index contributed by atoms with van der Waals surface area (Å²) in [5.41, 5.74) is 7.15. The Kier molecular flexibility index (Phi) is 3.71. The van der Waals surface area contributed by atoms with Crippen LogP contribution in [0.25, 0.3) is 0 Å². The summed E-state index contributed by atoms with van der Waals surface area (Å²) in [5, 5.41) is 3.11. The van der Waals surface area contributed by atoms with Gasteiger partial charge in [0.1, 0.15) is 5.82 Å². The van der Waals surface area contributed by atoms with Gasteiger partial charge in [0.2, 0.25) is 0 Å². The standard InChI is InChI=1S/C14H12ClFN2O/c1-8-2-3-9(15)6-13(8)18-14(19)11-7-10(17)4-5-12(11)16/h2-7H,17H2,1H3,(H,18,19). The highest BCUT2D eigenvalue weighted by atomic mass is 35.5. The molecule has 0 atom stereocenters. The van der Waals surface area contributed by atoms with Crippen molar-refractivity contribution in [2.24, 2.45) is 0 Å². The fourth-order valence-electron chi connectivity index (χ4n) is 1.64. The number of hydrogen-bond acceptors (Lipinski definition) is 2. The monoisotopic (exact) mass is 278 g/mol. The van der Waals surface area contributed by atoms with Gasteiger partial charge in [-0.25, -0.2) is 4.39 Å². The van der Waals surface area contributed by atoms with Crippen LogP contribution in [0.5, 0.6) is 0 Å². The molecule has 0 saturated carbocycles. The van der Waals surface area contributed by atoms with Crippen LogP contribution in [0.15, 0.2) is 36.4 Å². The molecule has 3 nitrogen and oxygen atoms in total. The lowest BCUT2D eigenvalue weighted by Crippen LogP contribution is -2.15. The summed E-state index contributed by atoms with van der Waals surface area (Å²) in [7, 11) is 0. The van der Waals surface area contributed by atoms with Crippen molar-refractivity contribution in [1.82, 2.24) is 0 Å². The van der Waals surface area contributed by atoms with Gasteiger partial charge in [-0.05, 0) is 42.8 Å². The summed E-state index contributed by atoms with van der Waals surface area (Å²) in [4.78, 5) is 12.0. The normalized spacial score (nSPS) is 10.3. The largest absolute Gasteiger partial charge is 0.399 e. The van der Waals surface area contributed by atoms with E-state index >= 15 is 0 Å². The van der Waals surface area contributed by atoms with Crippen molar-refractivity contribution < 1.29 is 9.18 Å². The fraction of sp³-hybridized carbons (Fsp3) is 0.0714. The van der Waals surface area contributed by atoms with E-state index in [0.717, 1.165) is 11.6 Å². The smallest absolute Gasteiger partial charge is 0.258 e. The molecule has 0 radical (unpaired) electrons. The lowest BCUT2D eigenvalue weighted by Gasteiger charge is -2.09. The Morgan fingerprint density at radius 2 is 2.00 bits per heavy atom. The van der Waals surface area contributed by atoms with Gasteiger partial charge in [0.05, 0.1) is 5.56 Å². The maximum absolute atomic E-state index is 13.6. The van der Waals surface area contributed by atoms with E-state index in [-0.39, 0.29) is 5.56 Å². The third kappa shape index (κ3) is 3.03. The van der Waals surface area contributed by atoms with Gasteiger partial charge < -0.3 is 11.1 Å². The van der Waals surface area contributed by atoms with Crippen LogP contribution in [0, 0.1) is 12.7 Å². The van der Waals surface area contributed by atoms with Gasteiger partial charge in [-0.1, -0.05) is 17.7 Å². The molecule has 0 aliphatic heterocycles. The van der Waals surface area contributed by atoms with Crippen molar-refractivity contribution in [1.29, 1.82) is 0 Å². The summed E-state index contributed by atoms with van der Waals surface area (Å²) in [5.74, 6) is -1.18. The quantitative estimate of drug-likeness (QED) is 0.824. The Hall–Kier alpha value is -2.07. The molecule has 0 aromatic heterocycles. The molecule has 0 fully saturated rings. The number of nitrogens with one attached hydrogen (secondary N) is 1. The summed E-state index contributed by atoms with van der Waals surface area (Å²) in [6, 6.07) is 8.96. The number of anilines is 2. The van der Waals surface area contributed by atoms with Crippen molar-refractivity contribution >= 4 is 28.9 Å². The van der Waals surface area contributed by atoms with Crippen LogP contribution in [-0.4, -0.2) is 5.91 Å². The van der Waals surface area contributed by atoms with E-state index in [0.29, 0.717) is 16.4 Å². The molecule has 19 heavy (non-hydrogen) atoms. The second-order valence-electron chi connectivity index (χ2n) is 4.15. The fourth-order valence-corrected chi connectivity index (χ4v) is 1.81. The molecule has 2 aromatic rings. The summed E-state index contributed by atoms with van der Waals surface area (Å²) < 4.78 is 13.6. The van der Waals surface area contributed by atoms with Gasteiger partial charge in [-0.2, -0.15) is 0 Å². The van der Waals surface area contributed by atoms with Gasteiger partial charge in [-0.3, -0.25) is 4.79 Å². The van der Waals surface area contributed by atoms with E-state index < -0.39 is 11.7 Å². The third-order valence-electron chi connectivity index (χ3n) is 2.68. The van der Waals surface area contributed by atoms with Crippen molar-refractivity contribution in [2.75, 3.05) is 11.1 Å². The van der Waals surface area contributed by atoms with Gasteiger partial charge in [0.25, 0.3) is 5.91 Å².